The van der Waals surface area contributed by atoms with E-state index in [0.717, 1.165) is 42.5 Å². The first-order chi connectivity index (χ1) is 16.9. The molecule has 0 radical (unpaired) electrons. The number of H-pyrrole nitrogens is 1. The molecule has 1 aliphatic heterocycles. The Labute approximate surface area is 216 Å². The third-order valence-electron chi connectivity index (χ3n) is 7.81. The van der Waals surface area contributed by atoms with E-state index >= 15 is 0 Å². The van der Waals surface area contributed by atoms with Gasteiger partial charge in [0, 0.05) is 38.7 Å². The van der Waals surface area contributed by atoms with Crippen LogP contribution in [0, 0.1) is 5.41 Å². The predicted octanol–water partition coefficient (Wildman–Crippen LogP) is 7.29. The van der Waals surface area contributed by atoms with Crippen LogP contribution in [0.5, 0.6) is 5.75 Å². The van der Waals surface area contributed by atoms with Crippen molar-refractivity contribution < 1.29 is 9.84 Å². The normalized spacial score (nSPS) is 19.7. The van der Waals surface area contributed by atoms with Gasteiger partial charge < -0.3 is 19.7 Å². The summed E-state index contributed by atoms with van der Waals surface area (Å²) in [5.41, 5.74) is 7.82. The standard InChI is InChI=1S/C30H35BrN2O2/c1-4-30(3,18-34)19-35-24-12-7-21(8-13-24)29-28-25(26-17-22(31)9-14-27(26)32-28)15-16-33(29)23-10-5-20(2)6-11-23/h5,7-10,12-14,17,29,32,34H,4,6,11,15-16,18-19H2,1-3H3. The maximum atomic E-state index is 9.72. The number of hydrogen-bond donors (Lipinski definition) is 2. The average molecular weight is 536 g/mol. The van der Waals surface area contributed by atoms with Crippen molar-refractivity contribution in [2.75, 3.05) is 19.8 Å². The molecule has 184 valence electrons. The SMILES string of the molecule is CCC(C)(CO)COc1ccc(C2c3[nH]c4ccc(Br)cc4c3CCN2C2=CC=C(C)CC2)cc1. The molecule has 0 saturated heterocycles. The second kappa shape index (κ2) is 9.87. The molecule has 2 atom stereocenters. The Morgan fingerprint density at radius 1 is 1.11 bits per heavy atom. The summed E-state index contributed by atoms with van der Waals surface area (Å²) in [6.45, 7) is 8.00. The highest BCUT2D eigenvalue weighted by atomic mass is 79.9. The van der Waals surface area contributed by atoms with E-state index in [1.807, 2.05) is 0 Å². The zero-order valence-corrected chi connectivity index (χ0v) is 22.5. The monoisotopic (exact) mass is 534 g/mol. The summed E-state index contributed by atoms with van der Waals surface area (Å²) in [4.78, 5) is 6.37. The number of halogens is 1. The minimum absolute atomic E-state index is 0.126. The second-order valence-corrected chi connectivity index (χ2v) is 11.3. The van der Waals surface area contributed by atoms with E-state index in [1.165, 1.54) is 39.0 Å². The lowest BCUT2D eigenvalue weighted by molar-refractivity contribution is 0.0784. The Balaban J connectivity index is 1.51. The molecule has 4 nitrogen and oxygen atoms in total. The molecule has 0 spiro atoms. The molecule has 2 aromatic carbocycles. The van der Waals surface area contributed by atoms with E-state index in [4.69, 9.17) is 4.74 Å². The number of rotatable bonds is 7. The van der Waals surface area contributed by atoms with Crippen LogP contribution < -0.4 is 4.74 Å². The van der Waals surface area contributed by atoms with Gasteiger partial charge in [0.2, 0.25) is 0 Å². The Morgan fingerprint density at radius 3 is 2.60 bits per heavy atom. The number of benzene rings is 2. The van der Waals surface area contributed by atoms with Crippen LogP contribution >= 0.6 is 15.9 Å². The van der Waals surface area contributed by atoms with Gasteiger partial charge in [0.05, 0.1) is 19.3 Å². The minimum atomic E-state index is -0.217. The molecule has 2 heterocycles. The van der Waals surface area contributed by atoms with Gasteiger partial charge in [0.1, 0.15) is 5.75 Å². The molecule has 2 N–H and O–H groups in total. The molecule has 5 heteroatoms. The van der Waals surface area contributed by atoms with Crippen LogP contribution in [-0.4, -0.2) is 34.7 Å². The van der Waals surface area contributed by atoms with Crippen LogP contribution in [0.1, 0.15) is 62.9 Å². The summed E-state index contributed by atoms with van der Waals surface area (Å²) in [5.74, 6) is 0.848. The quantitative estimate of drug-likeness (QED) is 0.334. The molecular weight excluding hydrogens is 500 g/mol. The molecule has 2 unspecified atom stereocenters. The maximum absolute atomic E-state index is 9.72. The summed E-state index contributed by atoms with van der Waals surface area (Å²) < 4.78 is 7.19. The molecule has 3 aromatic rings. The Hall–Kier alpha value is -2.50. The molecular formula is C30H35BrN2O2. The Kier molecular flexibility index (Phi) is 6.82. The van der Waals surface area contributed by atoms with Gasteiger partial charge in [0.25, 0.3) is 0 Å². The summed E-state index contributed by atoms with van der Waals surface area (Å²) in [5, 5.41) is 11.0. The number of fused-ring (bicyclic) bond motifs is 3. The van der Waals surface area contributed by atoms with Gasteiger partial charge in [-0.05, 0) is 80.1 Å². The third kappa shape index (κ3) is 4.81. The molecule has 1 aromatic heterocycles. The van der Waals surface area contributed by atoms with E-state index in [2.05, 4.69) is 101 Å². The number of ether oxygens (including phenoxy) is 1. The van der Waals surface area contributed by atoms with Crippen LogP contribution in [0.15, 0.2) is 70.4 Å². The van der Waals surface area contributed by atoms with E-state index in [0.29, 0.717) is 6.61 Å². The lowest BCUT2D eigenvalue weighted by Gasteiger charge is -2.40. The molecule has 5 rings (SSSR count). The van der Waals surface area contributed by atoms with Crippen molar-refractivity contribution in [2.24, 2.45) is 5.41 Å². The van der Waals surface area contributed by atoms with Gasteiger partial charge in [-0.25, -0.2) is 0 Å². The van der Waals surface area contributed by atoms with E-state index in [1.54, 1.807) is 0 Å². The first-order valence-corrected chi connectivity index (χ1v) is 13.5. The average Bonchev–Trinajstić information content (AvgIpc) is 3.25. The molecule has 0 saturated carbocycles. The molecule has 0 amide bonds. The smallest absolute Gasteiger partial charge is 0.119 e. The highest BCUT2D eigenvalue weighted by Gasteiger charge is 2.33. The highest BCUT2D eigenvalue weighted by Crippen LogP contribution is 2.42. The first kappa shape index (κ1) is 24.2. The van der Waals surface area contributed by atoms with Crippen LogP contribution in [0.2, 0.25) is 0 Å². The zero-order chi connectivity index (χ0) is 24.6. The van der Waals surface area contributed by atoms with Crippen molar-refractivity contribution in [2.45, 2.75) is 52.5 Å². The number of aromatic amines is 1. The van der Waals surface area contributed by atoms with Gasteiger partial charge >= 0.3 is 0 Å². The van der Waals surface area contributed by atoms with Crippen molar-refractivity contribution >= 4 is 26.8 Å². The summed E-state index contributed by atoms with van der Waals surface area (Å²) in [6.07, 6.45) is 8.69. The van der Waals surface area contributed by atoms with Crippen LogP contribution in [0.3, 0.4) is 0 Å². The van der Waals surface area contributed by atoms with Gasteiger partial charge in [-0.1, -0.05) is 53.6 Å². The van der Waals surface area contributed by atoms with Crippen LogP contribution in [-0.2, 0) is 6.42 Å². The number of aliphatic hydroxyl groups is 1. The molecule has 0 fully saturated rings. The number of aliphatic hydroxyl groups excluding tert-OH is 1. The number of nitrogens with one attached hydrogen (secondary N) is 1. The van der Waals surface area contributed by atoms with Crippen molar-refractivity contribution in [1.82, 2.24) is 9.88 Å². The summed E-state index contributed by atoms with van der Waals surface area (Å²) in [7, 11) is 0. The van der Waals surface area contributed by atoms with Gasteiger partial charge in [0.15, 0.2) is 0 Å². The summed E-state index contributed by atoms with van der Waals surface area (Å²) in [6, 6.07) is 15.2. The fourth-order valence-electron chi connectivity index (χ4n) is 5.15. The first-order valence-electron chi connectivity index (χ1n) is 12.7. The fourth-order valence-corrected chi connectivity index (χ4v) is 5.51. The zero-order valence-electron chi connectivity index (χ0n) is 20.9. The van der Waals surface area contributed by atoms with Crippen LogP contribution in [0.4, 0.5) is 0 Å². The third-order valence-corrected chi connectivity index (χ3v) is 8.31. The minimum Gasteiger partial charge on any atom is -0.493 e. The molecule has 2 aliphatic rings. The fraction of sp³-hybridized carbons (Fsp3) is 0.400. The van der Waals surface area contributed by atoms with Crippen molar-refractivity contribution in [3.63, 3.8) is 0 Å². The number of allylic oxidation sites excluding steroid dienone is 4. The predicted molar refractivity (Wildman–Crippen MR) is 147 cm³/mol. The maximum Gasteiger partial charge on any atom is 0.119 e. The van der Waals surface area contributed by atoms with Crippen molar-refractivity contribution in [3.05, 3.63) is 87.2 Å². The lowest BCUT2D eigenvalue weighted by Crippen LogP contribution is -2.36. The van der Waals surface area contributed by atoms with Gasteiger partial charge in [-0.2, -0.15) is 0 Å². The highest BCUT2D eigenvalue weighted by molar-refractivity contribution is 9.10. The molecule has 0 bridgehead atoms. The van der Waals surface area contributed by atoms with Crippen molar-refractivity contribution in [3.8, 4) is 5.75 Å². The molecule has 1 aliphatic carbocycles. The Morgan fingerprint density at radius 2 is 1.91 bits per heavy atom. The largest absolute Gasteiger partial charge is 0.493 e. The number of hydrogen-bond acceptors (Lipinski definition) is 3. The number of nitrogens with zero attached hydrogens (tertiary/aromatic N) is 1. The van der Waals surface area contributed by atoms with Crippen molar-refractivity contribution in [1.29, 1.82) is 0 Å². The van der Waals surface area contributed by atoms with Crippen LogP contribution in [0.25, 0.3) is 10.9 Å². The number of aromatic nitrogens is 1. The van der Waals surface area contributed by atoms with E-state index in [9.17, 15) is 5.11 Å². The van der Waals surface area contributed by atoms with E-state index in [-0.39, 0.29) is 18.1 Å². The second-order valence-electron chi connectivity index (χ2n) is 10.4. The Bertz CT molecular complexity index is 1270. The molecule has 35 heavy (non-hydrogen) atoms. The topological polar surface area (TPSA) is 48.5 Å². The summed E-state index contributed by atoms with van der Waals surface area (Å²) >= 11 is 3.66. The van der Waals surface area contributed by atoms with Gasteiger partial charge in [-0.15, -0.1) is 0 Å². The lowest BCUT2D eigenvalue weighted by atomic mass is 9.89. The van der Waals surface area contributed by atoms with Gasteiger partial charge in [-0.3, -0.25) is 0 Å². The van der Waals surface area contributed by atoms with E-state index < -0.39 is 0 Å².